The normalized spacial score (nSPS) is 17.9. The number of nitriles is 1. The number of para-hydroxylation sites is 1. The SMILES string of the molecule is COc1c(C#N)cccc1-c1cc(C)c2c(c1Cl)C(C)C(=O)C(C)(C)N2. The highest BCUT2D eigenvalue weighted by Gasteiger charge is 2.40. The Morgan fingerprint density at radius 2 is 2.00 bits per heavy atom. The standard InChI is InChI=1S/C21H21ClN2O2/c1-11-9-15(14-8-6-7-13(10-23)19(14)26-5)17(22)16-12(2)20(25)21(3,4)24-18(11)16/h6-9,12,24H,1-5H3. The number of nitrogens with one attached hydrogen (secondary N) is 1. The molecule has 0 saturated carbocycles. The first-order chi connectivity index (χ1) is 12.2. The summed E-state index contributed by atoms with van der Waals surface area (Å²) in [5.74, 6) is 0.262. The molecule has 0 saturated heterocycles. The molecule has 134 valence electrons. The maximum Gasteiger partial charge on any atom is 0.164 e. The molecule has 0 radical (unpaired) electrons. The molecule has 2 aromatic rings. The monoisotopic (exact) mass is 368 g/mol. The van der Waals surface area contributed by atoms with Gasteiger partial charge in [0.05, 0.1) is 23.2 Å². The molecular weight excluding hydrogens is 348 g/mol. The predicted molar refractivity (Wildman–Crippen MR) is 104 cm³/mol. The fourth-order valence-corrected chi connectivity index (χ4v) is 4.11. The fraction of sp³-hybridized carbons (Fsp3) is 0.333. The van der Waals surface area contributed by atoms with E-state index in [1.807, 2.05) is 39.8 Å². The zero-order chi connectivity index (χ0) is 19.2. The van der Waals surface area contributed by atoms with Crippen molar-refractivity contribution in [3.63, 3.8) is 0 Å². The molecule has 0 bridgehead atoms. The van der Waals surface area contributed by atoms with Crippen LogP contribution in [0.5, 0.6) is 5.75 Å². The van der Waals surface area contributed by atoms with Gasteiger partial charge in [-0.05, 0) is 38.5 Å². The third-order valence-electron chi connectivity index (χ3n) is 5.01. The summed E-state index contributed by atoms with van der Waals surface area (Å²) in [7, 11) is 1.54. The molecule has 1 aliphatic rings. The predicted octanol–water partition coefficient (Wildman–Crippen LogP) is 5.07. The Balaban J connectivity index is 2.31. The minimum absolute atomic E-state index is 0.0983. The number of rotatable bonds is 2. The van der Waals surface area contributed by atoms with E-state index in [-0.39, 0.29) is 11.7 Å². The lowest BCUT2D eigenvalue weighted by Crippen LogP contribution is -2.46. The molecule has 0 fully saturated rings. The lowest BCUT2D eigenvalue weighted by Gasteiger charge is -2.38. The van der Waals surface area contributed by atoms with Gasteiger partial charge >= 0.3 is 0 Å². The number of carbonyl (C=O) groups excluding carboxylic acids is 1. The van der Waals surface area contributed by atoms with E-state index in [4.69, 9.17) is 16.3 Å². The molecule has 1 N–H and O–H groups in total. The summed E-state index contributed by atoms with van der Waals surface area (Å²) < 4.78 is 5.48. The summed E-state index contributed by atoms with van der Waals surface area (Å²) in [6, 6.07) is 9.51. The average molecular weight is 369 g/mol. The zero-order valence-electron chi connectivity index (χ0n) is 15.5. The second-order valence-corrected chi connectivity index (χ2v) is 7.56. The second kappa shape index (κ2) is 6.34. The van der Waals surface area contributed by atoms with E-state index < -0.39 is 5.54 Å². The van der Waals surface area contributed by atoms with Crippen LogP contribution in [0, 0.1) is 18.3 Å². The molecule has 1 heterocycles. The molecule has 0 amide bonds. The van der Waals surface area contributed by atoms with Gasteiger partial charge in [0.25, 0.3) is 0 Å². The van der Waals surface area contributed by atoms with E-state index in [1.54, 1.807) is 12.1 Å². The summed E-state index contributed by atoms with van der Waals surface area (Å²) in [4.78, 5) is 12.8. The smallest absolute Gasteiger partial charge is 0.164 e. The highest BCUT2D eigenvalue weighted by molar-refractivity contribution is 6.35. The van der Waals surface area contributed by atoms with Crippen molar-refractivity contribution in [2.45, 2.75) is 39.2 Å². The van der Waals surface area contributed by atoms with E-state index in [0.717, 1.165) is 27.9 Å². The maximum absolute atomic E-state index is 12.8. The number of halogens is 1. The van der Waals surface area contributed by atoms with Gasteiger partial charge in [-0.2, -0.15) is 5.26 Å². The Morgan fingerprint density at radius 3 is 2.62 bits per heavy atom. The number of Topliss-reactive ketones (excluding diaryl/α,β-unsaturated/α-hetero) is 1. The summed E-state index contributed by atoms with van der Waals surface area (Å²) in [5, 5.41) is 13.2. The van der Waals surface area contributed by atoms with Crippen molar-refractivity contribution >= 4 is 23.1 Å². The summed E-state index contributed by atoms with van der Waals surface area (Å²) in [6.07, 6.45) is 0. The van der Waals surface area contributed by atoms with E-state index in [2.05, 4.69) is 11.4 Å². The van der Waals surface area contributed by atoms with Crippen molar-refractivity contribution in [2.24, 2.45) is 0 Å². The molecule has 0 spiro atoms. The molecule has 26 heavy (non-hydrogen) atoms. The van der Waals surface area contributed by atoms with Crippen LogP contribution in [0.2, 0.25) is 5.02 Å². The molecule has 1 atom stereocenters. The van der Waals surface area contributed by atoms with Gasteiger partial charge in [0.2, 0.25) is 0 Å². The summed E-state index contributed by atoms with van der Waals surface area (Å²) >= 11 is 6.78. The van der Waals surface area contributed by atoms with Crippen molar-refractivity contribution in [2.75, 3.05) is 12.4 Å². The molecule has 2 aromatic carbocycles. The largest absolute Gasteiger partial charge is 0.495 e. The molecule has 1 aliphatic heterocycles. The number of nitrogens with zero attached hydrogens (tertiary/aromatic N) is 1. The minimum atomic E-state index is -0.638. The zero-order valence-corrected chi connectivity index (χ0v) is 16.3. The first-order valence-electron chi connectivity index (χ1n) is 8.46. The summed E-state index contributed by atoms with van der Waals surface area (Å²) in [6.45, 7) is 7.65. The van der Waals surface area contributed by atoms with E-state index in [9.17, 15) is 10.1 Å². The van der Waals surface area contributed by atoms with Gasteiger partial charge < -0.3 is 10.1 Å². The molecule has 3 rings (SSSR count). The lowest BCUT2D eigenvalue weighted by atomic mass is 9.78. The van der Waals surface area contributed by atoms with Gasteiger partial charge in [-0.25, -0.2) is 0 Å². The van der Waals surface area contributed by atoms with Crippen LogP contribution in [0.1, 0.15) is 43.4 Å². The van der Waals surface area contributed by atoms with Gasteiger partial charge in [0.1, 0.15) is 11.8 Å². The molecule has 4 nitrogen and oxygen atoms in total. The van der Waals surface area contributed by atoms with Gasteiger partial charge in [0, 0.05) is 28.3 Å². The Labute approximate surface area is 158 Å². The van der Waals surface area contributed by atoms with Crippen LogP contribution in [0.4, 0.5) is 5.69 Å². The quantitative estimate of drug-likeness (QED) is 0.803. The number of hydrogen-bond donors (Lipinski definition) is 1. The van der Waals surface area contributed by atoms with Crippen LogP contribution in [-0.2, 0) is 4.79 Å². The highest BCUT2D eigenvalue weighted by Crippen LogP contribution is 2.47. The number of fused-ring (bicyclic) bond motifs is 1. The molecule has 5 heteroatoms. The number of aryl methyl sites for hydroxylation is 1. The van der Waals surface area contributed by atoms with Gasteiger partial charge in [-0.3, -0.25) is 4.79 Å². The molecule has 0 aromatic heterocycles. The topological polar surface area (TPSA) is 62.1 Å². The fourth-order valence-electron chi connectivity index (χ4n) is 3.69. The second-order valence-electron chi connectivity index (χ2n) is 7.18. The van der Waals surface area contributed by atoms with Crippen LogP contribution >= 0.6 is 11.6 Å². The van der Waals surface area contributed by atoms with Crippen LogP contribution < -0.4 is 10.1 Å². The number of hydrogen-bond acceptors (Lipinski definition) is 4. The van der Waals surface area contributed by atoms with Gasteiger partial charge in [-0.1, -0.05) is 30.7 Å². The molecular formula is C21H21ClN2O2. The first-order valence-corrected chi connectivity index (χ1v) is 8.83. The van der Waals surface area contributed by atoms with Crippen molar-refractivity contribution in [3.8, 4) is 22.9 Å². The van der Waals surface area contributed by atoms with Crippen molar-refractivity contribution < 1.29 is 9.53 Å². The van der Waals surface area contributed by atoms with E-state index in [0.29, 0.717) is 16.3 Å². The third kappa shape index (κ3) is 2.64. The number of benzene rings is 2. The number of anilines is 1. The van der Waals surface area contributed by atoms with Crippen LogP contribution in [0.25, 0.3) is 11.1 Å². The van der Waals surface area contributed by atoms with E-state index in [1.165, 1.54) is 7.11 Å². The van der Waals surface area contributed by atoms with Crippen molar-refractivity contribution in [1.82, 2.24) is 0 Å². The number of methoxy groups -OCH3 is 1. The van der Waals surface area contributed by atoms with Crippen molar-refractivity contribution in [3.05, 3.63) is 46.0 Å². The minimum Gasteiger partial charge on any atom is -0.495 e. The Hall–Kier alpha value is -2.51. The number of ketones is 1. The lowest BCUT2D eigenvalue weighted by molar-refractivity contribution is -0.123. The van der Waals surface area contributed by atoms with Crippen LogP contribution in [0.15, 0.2) is 24.3 Å². The number of ether oxygens (including phenoxy) is 1. The van der Waals surface area contributed by atoms with Gasteiger partial charge in [-0.15, -0.1) is 0 Å². The Kier molecular flexibility index (Phi) is 4.46. The van der Waals surface area contributed by atoms with Gasteiger partial charge in [0.15, 0.2) is 5.78 Å². The van der Waals surface area contributed by atoms with E-state index >= 15 is 0 Å². The van der Waals surface area contributed by atoms with Crippen LogP contribution in [-0.4, -0.2) is 18.4 Å². The summed E-state index contributed by atoms with van der Waals surface area (Å²) in [5.41, 5.74) is 4.02. The van der Waals surface area contributed by atoms with Crippen LogP contribution in [0.3, 0.4) is 0 Å². The first kappa shape index (κ1) is 18.3. The molecule has 1 unspecified atom stereocenters. The highest BCUT2D eigenvalue weighted by atomic mass is 35.5. The maximum atomic E-state index is 12.8. The van der Waals surface area contributed by atoms with Crippen molar-refractivity contribution in [1.29, 1.82) is 5.26 Å². The number of carbonyl (C=O) groups is 1. The average Bonchev–Trinajstić information content (AvgIpc) is 2.61. The third-order valence-corrected chi connectivity index (χ3v) is 5.41. The molecule has 0 aliphatic carbocycles. The Morgan fingerprint density at radius 1 is 1.31 bits per heavy atom. The Bertz CT molecular complexity index is 957.